The molecule has 30 heavy (non-hydrogen) atoms. The zero-order valence-corrected chi connectivity index (χ0v) is 18.3. The number of likely N-dealkylation sites (tertiary alicyclic amines) is 1. The van der Waals surface area contributed by atoms with Crippen molar-refractivity contribution in [3.8, 4) is 0 Å². The smallest absolute Gasteiger partial charge is 0.324 e. The number of rotatable bonds is 7. The number of imidazole rings is 1. The maximum Gasteiger partial charge on any atom is 0.330 e. The lowest BCUT2D eigenvalue weighted by Gasteiger charge is -2.24. The fraction of sp³-hybridized carbons (Fsp3) is 0.500. The Morgan fingerprint density at radius 3 is 2.83 bits per heavy atom. The van der Waals surface area contributed by atoms with Crippen LogP contribution in [0.4, 0.5) is 0 Å². The maximum atomic E-state index is 12.5. The molecule has 1 N–H and O–H groups in total. The van der Waals surface area contributed by atoms with Gasteiger partial charge in [-0.15, -0.1) is 0 Å². The lowest BCUT2D eigenvalue weighted by atomic mass is 10.0. The number of hydrogen-bond donors (Lipinski definition) is 1. The minimum absolute atomic E-state index is 0.377. The topological polar surface area (TPSA) is 75.9 Å². The standard InChI is InChI=1S/C22H28ClN5O2/c1-3-4-12-28-20-19(21(29)25-22(28)30)26(2)18(24-20)14-27-11-7-9-16(27)13-15-8-5-6-10-17(15)23/h5-6,8,10,16H,3-4,7,9,11-14H2,1-2H3,(H,25,29,30). The number of halogens is 1. The monoisotopic (exact) mass is 429 g/mol. The normalized spacial score (nSPS) is 17.2. The molecule has 160 valence electrons. The van der Waals surface area contributed by atoms with Crippen LogP contribution in [-0.4, -0.2) is 36.6 Å². The van der Waals surface area contributed by atoms with Crippen LogP contribution in [0.1, 0.15) is 44.0 Å². The van der Waals surface area contributed by atoms with E-state index in [0.29, 0.717) is 30.3 Å². The van der Waals surface area contributed by atoms with Crippen molar-refractivity contribution in [2.45, 2.75) is 58.2 Å². The molecule has 1 atom stereocenters. The summed E-state index contributed by atoms with van der Waals surface area (Å²) in [4.78, 5) is 34.4. The van der Waals surface area contributed by atoms with Gasteiger partial charge >= 0.3 is 5.69 Å². The molecule has 0 radical (unpaired) electrons. The van der Waals surface area contributed by atoms with Gasteiger partial charge in [0.2, 0.25) is 0 Å². The molecule has 1 aromatic carbocycles. The lowest BCUT2D eigenvalue weighted by molar-refractivity contribution is 0.236. The van der Waals surface area contributed by atoms with Gasteiger partial charge in [0.1, 0.15) is 5.82 Å². The SMILES string of the molecule is CCCCn1c(=O)[nH]c(=O)c2c1nc(CN1CCCC1Cc1ccccc1Cl)n2C. The van der Waals surface area contributed by atoms with E-state index in [1.807, 2.05) is 29.8 Å². The minimum Gasteiger partial charge on any atom is -0.324 e. The van der Waals surface area contributed by atoms with Gasteiger partial charge in [0.05, 0.1) is 6.54 Å². The van der Waals surface area contributed by atoms with E-state index in [-0.39, 0.29) is 11.2 Å². The van der Waals surface area contributed by atoms with Crippen molar-refractivity contribution < 1.29 is 0 Å². The third-order valence-electron chi connectivity index (χ3n) is 6.10. The van der Waals surface area contributed by atoms with Gasteiger partial charge in [0.15, 0.2) is 11.2 Å². The Balaban J connectivity index is 1.64. The van der Waals surface area contributed by atoms with Crippen LogP contribution >= 0.6 is 11.6 Å². The van der Waals surface area contributed by atoms with Gasteiger partial charge in [-0.05, 0) is 43.9 Å². The largest absolute Gasteiger partial charge is 0.330 e. The molecule has 1 saturated heterocycles. The van der Waals surface area contributed by atoms with Crippen molar-refractivity contribution >= 4 is 22.8 Å². The van der Waals surface area contributed by atoms with Crippen LogP contribution in [0.3, 0.4) is 0 Å². The molecule has 1 aliphatic rings. The van der Waals surface area contributed by atoms with Crippen LogP contribution in [0.5, 0.6) is 0 Å². The summed E-state index contributed by atoms with van der Waals surface area (Å²) in [6, 6.07) is 8.37. The van der Waals surface area contributed by atoms with Crippen molar-refractivity contribution in [1.82, 2.24) is 24.0 Å². The third-order valence-corrected chi connectivity index (χ3v) is 6.47. The molecule has 0 aliphatic carbocycles. The quantitative estimate of drug-likeness (QED) is 0.626. The third kappa shape index (κ3) is 3.96. The number of benzene rings is 1. The van der Waals surface area contributed by atoms with Crippen molar-refractivity contribution in [2.75, 3.05) is 6.54 Å². The number of H-pyrrole nitrogens is 1. The second-order valence-electron chi connectivity index (χ2n) is 8.09. The molecule has 2 aromatic heterocycles. The summed E-state index contributed by atoms with van der Waals surface area (Å²) in [5.41, 5.74) is 1.34. The lowest BCUT2D eigenvalue weighted by Crippen LogP contribution is -2.32. The highest BCUT2D eigenvalue weighted by Crippen LogP contribution is 2.26. The predicted molar refractivity (Wildman–Crippen MR) is 119 cm³/mol. The molecule has 4 rings (SSSR count). The van der Waals surface area contributed by atoms with Gasteiger partial charge in [0.25, 0.3) is 5.56 Å². The molecule has 0 amide bonds. The van der Waals surface area contributed by atoms with E-state index < -0.39 is 0 Å². The van der Waals surface area contributed by atoms with Crippen molar-refractivity contribution in [2.24, 2.45) is 7.05 Å². The zero-order chi connectivity index (χ0) is 21.3. The molecular weight excluding hydrogens is 402 g/mol. The molecule has 1 aliphatic heterocycles. The first-order valence-corrected chi connectivity index (χ1v) is 11.0. The summed E-state index contributed by atoms with van der Waals surface area (Å²) in [5.74, 6) is 0.803. The number of nitrogens with one attached hydrogen (secondary N) is 1. The fourth-order valence-electron chi connectivity index (χ4n) is 4.39. The van der Waals surface area contributed by atoms with Crippen molar-refractivity contribution in [3.05, 3.63) is 61.5 Å². The molecule has 3 heterocycles. The Hall–Kier alpha value is -2.38. The number of aromatic nitrogens is 4. The summed E-state index contributed by atoms with van der Waals surface area (Å²) in [6.45, 7) is 4.25. The first-order valence-electron chi connectivity index (χ1n) is 10.7. The Kier molecular flexibility index (Phi) is 6.11. The number of hydrogen-bond acceptors (Lipinski definition) is 4. The van der Waals surface area contributed by atoms with Crippen LogP contribution < -0.4 is 11.2 Å². The zero-order valence-electron chi connectivity index (χ0n) is 17.5. The summed E-state index contributed by atoms with van der Waals surface area (Å²) in [7, 11) is 1.85. The Morgan fingerprint density at radius 1 is 1.27 bits per heavy atom. The molecule has 0 saturated carbocycles. The number of nitrogens with zero attached hydrogens (tertiary/aromatic N) is 4. The van der Waals surface area contributed by atoms with E-state index in [1.165, 1.54) is 0 Å². The average Bonchev–Trinajstić information content (AvgIpc) is 3.28. The van der Waals surface area contributed by atoms with Crippen LogP contribution in [0, 0.1) is 0 Å². The first kappa shape index (κ1) is 20.9. The number of unbranched alkanes of at least 4 members (excludes halogenated alkanes) is 1. The van der Waals surface area contributed by atoms with Crippen LogP contribution in [0.15, 0.2) is 33.9 Å². The molecule has 1 fully saturated rings. The van der Waals surface area contributed by atoms with E-state index in [2.05, 4.69) is 22.9 Å². The van der Waals surface area contributed by atoms with Gasteiger partial charge in [-0.1, -0.05) is 43.1 Å². The summed E-state index contributed by atoms with van der Waals surface area (Å²) in [6.07, 6.45) is 4.95. The van der Waals surface area contributed by atoms with Gasteiger partial charge in [0, 0.05) is 24.7 Å². The number of aromatic amines is 1. The van der Waals surface area contributed by atoms with Crippen LogP contribution in [-0.2, 0) is 26.6 Å². The summed E-state index contributed by atoms with van der Waals surface area (Å²) in [5, 5.41) is 0.804. The molecule has 3 aromatic rings. The second kappa shape index (κ2) is 8.78. The Morgan fingerprint density at radius 2 is 2.07 bits per heavy atom. The summed E-state index contributed by atoms with van der Waals surface area (Å²) >= 11 is 6.37. The summed E-state index contributed by atoms with van der Waals surface area (Å²) < 4.78 is 3.43. The van der Waals surface area contributed by atoms with Crippen molar-refractivity contribution in [3.63, 3.8) is 0 Å². The van der Waals surface area contributed by atoms with Gasteiger partial charge < -0.3 is 4.57 Å². The van der Waals surface area contributed by atoms with E-state index in [0.717, 1.165) is 55.1 Å². The Labute approximate surface area is 180 Å². The van der Waals surface area contributed by atoms with Crippen LogP contribution in [0.25, 0.3) is 11.2 Å². The molecule has 8 heteroatoms. The molecule has 0 spiro atoms. The second-order valence-corrected chi connectivity index (χ2v) is 8.49. The maximum absolute atomic E-state index is 12.5. The number of aryl methyl sites for hydroxylation is 2. The van der Waals surface area contributed by atoms with E-state index in [9.17, 15) is 9.59 Å². The van der Waals surface area contributed by atoms with Gasteiger partial charge in [-0.3, -0.25) is 19.2 Å². The highest BCUT2D eigenvalue weighted by Gasteiger charge is 2.27. The molecule has 1 unspecified atom stereocenters. The first-order chi connectivity index (χ1) is 14.5. The minimum atomic E-state index is -0.386. The van der Waals surface area contributed by atoms with Crippen LogP contribution in [0.2, 0.25) is 5.02 Å². The van der Waals surface area contributed by atoms with Gasteiger partial charge in [-0.2, -0.15) is 0 Å². The highest BCUT2D eigenvalue weighted by atomic mass is 35.5. The fourth-order valence-corrected chi connectivity index (χ4v) is 4.60. The Bertz CT molecular complexity index is 1160. The number of fused-ring (bicyclic) bond motifs is 1. The van der Waals surface area contributed by atoms with E-state index >= 15 is 0 Å². The van der Waals surface area contributed by atoms with Gasteiger partial charge in [-0.25, -0.2) is 9.78 Å². The molecular formula is C22H28ClN5O2. The van der Waals surface area contributed by atoms with E-state index in [4.69, 9.17) is 16.6 Å². The molecule has 0 bridgehead atoms. The predicted octanol–water partition coefficient (Wildman–Crippen LogP) is 3.08. The molecule has 7 nitrogen and oxygen atoms in total. The highest BCUT2D eigenvalue weighted by molar-refractivity contribution is 6.31. The van der Waals surface area contributed by atoms with E-state index in [1.54, 1.807) is 4.57 Å². The van der Waals surface area contributed by atoms with Crippen molar-refractivity contribution in [1.29, 1.82) is 0 Å². The average molecular weight is 430 g/mol.